The molecule has 0 saturated carbocycles. The molecule has 0 N–H and O–H groups in total. The van der Waals surface area contributed by atoms with Crippen LogP contribution in [0, 0.1) is 13.8 Å². The smallest absolute Gasteiger partial charge is 0.357 e. The van der Waals surface area contributed by atoms with Crippen LogP contribution >= 0.6 is 11.3 Å². The second kappa shape index (κ2) is 4.67. The number of hydrogen-bond acceptors (Lipinski definition) is 6. The summed E-state index contributed by atoms with van der Waals surface area (Å²) in [6.45, 7) is 5.77. The average molecular weight is 252 g/mol. The third kappa shape index (κ3) is 2.21. The first-order chi connectivity index (χ1) is 8.13. The van der Waals surface area contributed by atoms with Crippen molar-refractivity contribution in [3.05, 3.63) is 22.5 Å². The number of aromatic nitrogens is 2. The molecule has 6 heteroatoms. The molecule has 0 atom stereocenters. The average Bonchev–Trinajstić information content (AvgIpc) is 2.86. The molecule has 0 saturated heterocycles. The summed E-state index contributed by atoms with van der Waals surface area (Å²) in [4.78, 5) is 15.7. The minimum atomic E-state index is -0.401. The van der Waals surface area contributed by atoms with Crippen molar-refractivity contribution in [2.75, 3.05) is 6.61 Å². The van der Waals surface area contributed by atoms with Gasteiger partial charge < -0.3 is 9.26 Å². The molecule has 0 aliphatic rings. The standard InChI is InChI=1S/C11H12N2O3S/c1-4-15-11(14)8-5-17-10(12-8)9-6(2)13-16-7(9)3/h5H,4H2,1-3H3. The van der Waals surface area contributed by atoms with Gasteiger partial charge in [-0.15, -0.1) is 11.3 Å². The molecule has 0 fully saturated rings. The van der Waals surface area contributed by atoms with E-state index in [1.54, 1.807) is 12.3 Å². The lowest BCUT2D eigenvalue weighted by Gasteiger charge is -1.96. The third-order valence-electron chi connectivity index (χ3n) is 2.24. The Morgan fingerprint density at radius 2 is 2.29 bits per heavy atom. The highest BCUT2D eigenvalue weighted by atomic mass is 32.1. The molecular formula is C11H12N2O3S. The van der Waals surface area contributed by atoms with Gasteiger partial charge in [-0.05, 0) is 20.8 Å². The maximum Gasteiger partial charge on any atom is 0.357 e. The summed E-state index contributed by atoms with van der Waals surface area (Å²) in [6.07, 6.45) is 0. The maximum absolute atomic E-state index is 11.5. The molecular weight excluding hydrogens is 240 g/mol. The maximum atomic E-state index is 11.5. The highest BCUT2D eigenvalue weighted by molar-refractivity contribution is 7.13. The topological polar surface area (TPSA) is 65.2 Å². The Bertz CT molecular complexity index is 525. The van der Waals surface area contributed by atoms with Crippen LogP contribution in [0.5, 0.6) is 0 Å². The van der Waals surface area contributed by atoms with Crippen LogP contribution in [-0.2, 0) is 4.74 Å². The van der Waals surface area contributed by atoms with Gasteiger partial charge in [-0.1, -0.05) is 5.16 Å². The van der Waals surface area contributed by atoms with Gasteiger partial charge in [0, 0.05) is 5.38 Å². The van der Waals surface area contributed by atoms with Crippen molar-refractivity contribution in [1.82, 2.24) is 10.1 Å². The van der Waals surface area contributed by atoms with Crippen molar-refractivity contribution < 1.29 is 14.1 Å². The summed E-state index contributed by atoms with van der Waals surface area (Å²) < 4.78 is 9.95. The summed E-state index contributed by atoms with van der Waals surface area (Å²) in [7, 11) is 0. The van der Waals surface area contributed by atoms with Crippen LogP contribution in [0.25, 0.3) is 10.6 Å². The Labute approximate surface area is 102 Å². The van der Waals surface area contributed by atoms with E-state index >= 15 is 0 Å². The quantitative estimate of drug-likeness (QED) is 0.785. The molecule has 0 radical (unpaired) electrons. The van der Waals surface area contributed by atoms with Crippen molar-refractivity contribution >= 4 is 17.3 Å². The van der Waals surface area contributed by atoms with Gasteiger partial charge in [0.1, 0.15) is 10.8 Å². The Kier molecular flexibility index (Phi) is 3.23. The first-order valence-corrected chi connectivity index (χ1v) is 6.07. The number of rotatable bonds is 3. The number of ether oxygens (including phenoxy) is 1. The number of carbonyl (C=O) groups is 1. The number of carbonyl (C=O) groups excluding carboxylic acids is 1. The molecule has 0 aromatic carbocycles. The zero-order valence-electron chi connectivity index (χ0n) is 9.81. The summed E-state index contributed by atoms with van der Waals surface area (Å²) >= 11 is 1.38. The van der Waals surface area contributed by atoms with Crippen molar-refractivity contribution in [2.45, 2.75) is 20.8 Å². The van der Waals surface area contributed by atoms with Crippen LogP contribution in [0.3, 0.4) is 0 Å². The summed E-state index contributed by atoms with van der Waals surface area (Å²) in [5, 5.41) is 6.26. The van der Waals surface area contributed by atoms with Gasteiger partial charge in [0.05, 0.1) is 17.9 Å². The van der Waals surface area contributed by atoms with Gasteiger partial charge >= 0.3 is 5.97 Å². The second-order valence-electron chi connectivity index (χ2n) is 3.46. The zero-order chi connectivity index (χ0) is 12.4. The number of hydrogen-bond donors (Lipinski definition) is 0. The summed E-state index contributed by atoms with van der Waals surface area (Å²) in [5.41, 5.74) is 1.95. The van der Waals surface area contributed by atoms with E-state index < -0.39 is 5.97 Å². The van der Waals surface area contributed by atoms with E-state index in [0.717, 1.165) is 16.3 Å². The van der Waals surface area contributed by atoms with Crippen molar-refractivity contribution in [3.8, 4) is 10.6 Å². The first kappa shape index (κ1) is 11.8. The summed E-state index contributed by atoms with van der Waals surface area (Å²) in [5.74, 6) is 0.300. The van der Waals surface area contributed by atoms with Crippen LogP contribution in [-0.4, -0.2) is 22.7 Å². The number of nitrogens with zero attached hydrogens (tertiary/aromatic N) is 2. The minimum Gasteiger partial charge on any atom is -0.461 e. The third-order valence-corrected chi connectivity index (χ3v) is 3.10. The van der Waals surface area contributed by atoms with E-state index in [9.17, 15) is 4.79 Å². The molecule has 2 aromatic heterocycles. The van der Waals surface area contributed by atoms with Gasteiger partial charge in [-0.3, -0.25) is 0 Å². The van der Waals surface area contributed by atoms with Crippen LogP contribution in [0.4, 0.5) is 0 Å². The van der Waals surface area contributed by atoms with Gasteiger partial charge in [-0.2, -0.15) is 0 Å². The van der Waals surface area contributed by atoms with E-state index in [0.29, 0.717) is 18.1 Å². The zero-order valence-corrected chi connectivity index (χ0v) is 10.6. The fourth-order valence-corrected chi connectivity index (χ4v) is 2.41. The van der Waals surface area contributed by atoms with Crippen LogP contribution in [0.2, 0.25) is 0 Å². The predicted octanol–water partition coefficient (Wildman–Crippen LogP) is 2.59. The fraction of sp³-hybridized carbons (Fsp3) is 0.364. The van der Waals surface area contributed by atoms with E-state index in [1.165, 1.54) is 11.3 Å². The molecule has 0 amide bonds. The monoisotopic (exact) mass is 252 g/mol. The molecule has 0 spiro atoms. The molecule has 90 valence electrons. The molecule has 2 aromatic rings. The fourth-order valence-electron chi connectivity index (χ4n) is 1.48. The van der Waals surface area contributed by atoms with Crippen molar-refractivity contribution in [2.24, 2.45) is 0 Å². The van der Waals surface area contributed by atoms with Crippen molar-refractivity contribution in [1.29, 1.82) is 0 Å². The van der Waals surface area contributed by atoms with E-state index in [-0.39, 0.29) is 0 Å². The SMILES string of the molecule is CCOC(=O)c1csc(-c2c(C)noc2C)n1. The predicted molar refractivity (Wildman–Crippen MR) is 63.0 cm³/mol. The molecule has 5 nitrogen and oxygen atoms in total. The molecule has 0 aliphatic carbocycles. The molecule has 0 bridgehead atoms. The number of aryl methyl sites for hydroxylation is 2. The lowest BCUT2D eigenvalue weighted by molar-refractivity contribution is 0.0520. The van der Waals surface area contributed by atoms with Gasteiger partial charge in [0.2, 0.25) is 0 Å². The molecule has 17 heavy (non-hydrogen) atoms. The molecule has 2 rings (SSSR count). The lowest BCUT2D eigenvalue weighted by Crippen LogP contribution is -2.04. The Hall–Kier alpha value is -1.69. The Morgan fingerprint density at radius 3 is 2.88 bits per heavy atom. The van der Waals surface area contributed by atoms with E-state index in [1.807, 2.05) is 13.8 Å². The van der Waals surface area contributed by atoms with Gasteiger partial charge in [0.25, 0.3) is 0 Å². The Balaban J connectivity index is 2.33. The van der Waals surface area contributed by atoms with Crippen molar-refractivity contribution in [3.63, 3.8) is 0 Å². The minimum absolute atomic E-state index is 0.326. The van der Waals surface area contributed by atoms with Gasteiger partial charge in [0.15, 0.2) is 5.69 Å². The molecule has 0 unspecified atom stereocenters. The Morgan fingerprint density at radius 1 is 1.53 bits per heavy atom. The highest BCUT2D eigenvalue weighted by Crippen LogP contribution is 2.29. The highest BCUT2D eigenvalue weighted by Gasteiger charge is 2.18. The van der Waals surface area contributed by atoms with E-state index in [2.05, 4.69) is 10.1 Å². The number of thiazole rings is 1. The number of esters is 1. The van der Waals surface area contributed by atoms with Crippen LogP contribution < -0.4 is 0 Å². The second-order valence-corrected chi connectivity index (χ2v) is 4.32. The van der Waals surface area contributed by atoms with Gasteiger partial charge in [-0.25, -0.2) is 9.78 Å². The molecule has 0 aliphatic heterocycles. The van der Waals surface area contributed by atoms with Crippen LogP contribution in [0.15, 0.2) is 9.90 Å². The largest absolute Gasteiger partial charge is 0.461 e. The van der Waals surface area contributed by atoms with Crippen LogP contribution in [0.1, 0.15) is 28.9 Å². The molecule has 2 heterocycles. The summed E-state index contributed by atoms with van der Waals surface area (Å²) in [6, 6.07) is 0. The first-order valence-electron chi connectivity index (χ1n) is 5.19. The van der Waals surface area contributed by atoms with E-state index in [4.69, 9.17) is 9.26 Å². The normalized spacial score (nSPS) is 10.5. The lowest BCUT2D eigenvalue weighted by atomic mass is 10.2.